The maximum Gasteiger partial charge on any atom is 0.411 e. The van der Waals surface area contributed by atoms with Gasteiger partial charge in [-0.1, -0.05) is 17.7 Å². The highest BCUT2D eigenvalue weighted by molar-refractivity contribution is 7.89. The summed E-state index contributed by atoms with van der Waals surface area (Å²) in [4.78, 5) is 0.0833. The number of benzene rings is 1. The van der Waals surface area contributed by atoms with E-state index >= 15 is 0 Å². The Kier molecular flexibility index (Phi) is 3.73. The molecule has 1 heterocycles. The monoisotopic (exact) mass is 335 g/mol. The minimum Gasteiger partial charge on any atom is -0.352 e. The van der Waals surface area contributed by atoms with Crippen LogP contribution in [0.1, 0.15) is 12.0 Å². The van der Waals surface area contributed by atoms with E-state index in [1.54, 1.807) is 12.1 Å². The smallest absolute Gasteiger partial charge is 0.352 e. The minimum absolute atomic E-state index is 0.0833. The van der Waals surface area contributed by atoms with Crippen LogP contribution < -0.4 is 0 Å². The third-order valence-corrected chi connectivity index (χ3v) is 5.93. The lowest BCUT2D eigenvalue weighted by Crippen LogP contribution is -2.41. The molecule has 0 aromatic heterocycles. The molecule has 8 heteroatoms. The Labute approximate surface area is 126 Å². The summed E-state index contributed by atoms with van der Waals surface area (Å²) in [5, 5.41) is 0. The number of halogens is 3. The second kappa shape index (κ2) is 5.21. The number of fused-ring (bicyclic) bond motifs is 1. The highest BCUT2D eigenvalue weighted by atomic mass is 32.2. The van der Waals surface area contributed by atoms with E-state index in [4.69, 9.17) is 4.74 Å². The molecule has 2 aliphatic rings. The van der Waals surface area contributed by atoms with Crippen LogP contribution in [0.5, 0.6) is 0 Å². The summed E-state index contributed by atoms with van der Waals surface area (Å²) in [5.41, 5.74) is 0.910. The summed E-state index contributed by atoms with van der Waals surface area (Å²) >= 11 is 0. The maximum atomic E-state index is 12.6. The fourth-order valence-corrected chi connectivity index (χ4v) is 4.48. The van der Waals surface area contributed by atoms with Gasteiger partial charge in [0.25, 0.3) is 0 Å². The van der Waals surface area contributed by atoms with Crippen molar-refractivity contribution in [2.45, 2.75) is 30.6 Å². The van der Waals surface area contributed by atoms with Crippen LogP contribution in [0.25, 0.3) is 0 Å². The third kappa shape index (κ3) is 3.00. The van der Waals surface area contributed by atoms with Gasteiger partial charge < -0.3 is 4.74 Å². The Morgan fingerprint density at radius 3 is 2.50 bits per heavy atom. The average molecular weight is 335 g/mol. The summed E-state index contributed by atoms with van der Waals surface area (Å²) in [5.74, 6) is -0.0129. The first-order valence-electron chi connectivity index (χ1n) is 6.95. The molecule has 0 spiro atoms. The summed E-state index contributed by atoms with van der Waals surface area (Å²) in [6, 6.07) is 6.26. The Balaban J connectivity index is 1.81. The predicted octanol–water partition coefficient (Wildman–Crippen LogP) is 2.54. The van der Waals surface area contributed by atoms with Gasteiger partial charge in [0.2, 0.25) is 10.0 Å². The quantitative estimate of drug-likeness (QED) is 0.849. The van der Waals surface area contributed by atoms with E-state index < -0.39 is 29.0 Å². The molecule has 2 fully saturated rings. The van der Waals surface area contributed by atoms with Crippen LogP contribution in [-0.4, -0.2) is 38.3 Å². The first-order chi connectivity index (χ1) is 10.2. The van der Waals surface area contributed by atoms with E-state index in [-0.39, 0.29) is 23.3 Å². The van der Waals surface area contributed by atoms with Gasteiger partial charge in [-0.3, -0.25) is 0 Å². The second-order valence-corrected chi connectivity index (χ2v) is 7.75. The van der Waals surface area contributed by atoms with Crippen molar-refractivity contribution in [3.63, 3.8) is 0 Å². The summed E-state index contributed by atoms with van der Waals surface area (Å²) in [7, 11) is -3.83. The number of rotatable bonds is 4. The van der Waals surface area contributed by atoms with E-state index in [2.05, 4.69) is 0 Å². The van der Waals surface area contributed by atoms with Crippen molar-refractivity contribution in [1.82, 2.24) is 4.31 Å². The normalized spacial score (nSPS) is 28.6. The van der Waals surface area contributed by atoms with Gasteiger partial charge in [0.15, 0.2) is 0 Å². The number of piperidine rings is 1. The maximum absolute atomic E-state index is 12.6. The zero-order valence-corrected chi connectivity index (χ0v) is 12.7. The molecule has 4 nitrogen and oxygen atoms in total. The van der Waals surface area contributed by atoms with Gasteiger partial charge >= 0.3 is 6.18 Å². The molecule has 0 unspecified atom stereocenters. The van der Waals surface area contributed by atoms with Crippen LogP contribution in [-0.2, 0) is 14.8 Å². The van der Waals surface area contributed by atoms with Crippen molar-refractivity contribution < 1.29 is 26.3 Å². The van der Waals surface area contributed by atoms with Gasteiger partial charge in [0.1, 0.15) is 12.8 Å². The fraction of sp³-hybridized carbons (Fsp3) is 0.571. The van der Waals surface area contributed by atoms with Crippen LogP contribution in [0.4, 0.5) is 13.2 Å². The number of alkyl halides is 3. The van der Waals surface area contributed by atoms with Crippen LogP contribution in [0.15, 0.2) is 29.2 Å². The molecule has 3 atom stereocenters. The molecule has 1 aromatic rings. The molecule has 1 aliphatic carbocycles. The average Bonchev–Trinajstić information content (AvgIpc) is 3.09. The molecular weight excluding hydrogens is 319 g/mol. The van der Waals surface area contributed by atoms with Gasteiger partial charge in [-0.15, -0.1) is 0 Å². The van der Waals surface area contributed by atoms with Crippen molar-refractivity contribution in [2.75, 3.05) is 13.2 Å². The molecule has 122 valence electrons. The highest BCUT2D eigenvalue weighted by Crippen LogP contribution is 2.51. The first-order valence-corrected chi connectivity index (χ1v) is 8.39. The molecule has 1 aliphatic heterocycles. The molecule has 1 saturated carbocycles. The van der Waals surface area contributed by atoms with E-state index in [9.17, 15) is 21.6 Å². The third-order valence-electron chi connectivity index (χ3n) is 4.09. The lowest BCUT2D eigenvalue weighted by Gasteiger charge is -2.27. The van der Waals surface area contributed by atoms with E-state index in [1.807, 2.05) is 6.92 Å². The van der Waals surface area contributed by atoms with Crippen LogP contribution in [0.2, 0.25) is 0 Å². The second-order valence-electron chi connectivity index (χ2n) is 5.86. The Morgan fingerprint density at radius 2 is 1.91 bits per heavy atom. The van der Waals surface area contributed by atoms with E-state index in [0.29, 0.717) is 0 Å². The molecule has 0 bridgehead atoms. The molecule has 0 amide bonds. The van der Waals surface area contributed by atoms with Crippen molar-refractivity contribution in [3.05, 3.63) is 29.8 Å². The SMILES string of the molecule is Cc1ccc(S(=O)(=O)N2C[C@@H]3C[C@@H]3[C@H]2OCC(F)(F)F)cc1. The fourth-order valence-electron chi connectivity index (χ4n) is 2.85. The lowest BCUT2D eigenvalue weighted by atomic mass is 10.2. The standard InChI is InChI=1S/C14H16F3NO3S/c1-9-2-4-11(5-3-9)22(19,20)18-7-10-6-12(10)13(18)21-8-14(15,16)17/h2-5,10,12-13H,6-8H2,1H3/t10-,12-,13+/m0/s1. The van der Waals surface area contributed by atoms with Gasteiger partial charge in [-0.05, 0) is 31.4 Å². The van der Waals surface area contributed by atoms with Crippen LogP contribution >= 0.6 is 0 Å². The topological polar surface area (TPSA) is 46.6 Å². The molecule has 0 radical (unpaired) electrons. The lowest BCUT2D eigenvalue weighted by molar-refractivity contribution is -0.196. The Morgan fingerprint density at radius 1 is 1.27 bits per heavy atom. The van der Waals surface area contributed by atoms with Crippen LogP contribution in [0, 0.1) is 18.8 Å². The molecule has 22 heavy (non-hydrogen) atoms. The van der Waals surface area contributed by atoms with E-state index in [0.717, 1.165) is 16.3 Å². The predicted molar refractivity (Wildman–Crippen MR) is 72.5 cm³/mol. The largest absolute Gasteiger partial charge is 0.411 e. The van der Waals surface area contributed by atoms with Crippen molar-refractivity contribution in [3.8, 4) is 0 Å². The molecule has 3 rings (SSSR count). The minimum atomic E-state index is -4.47. The molecule has 0 N–H and O–H groups in total. The number of aryl methyl sites for hydroxylation is 1. The van der Waals surface area contributed by atoms with Gasteiger partial charge in [0.05, 0.1) is 4.90 Å². The summed E-state index contributed by atoms with van der Waals surface area (Å²) in [6.07, 6.45) is -4.76. The van der Waals surface area contributed by atoms with Gasteiger partial charge in [0, 0.05) is 12.5 Å². The van der Waals surface area contributed by atoms with Gasteiger partial charge in [-0.25, -0.2) is 8.42 Å². The molecular formula is C14H16F3NO3S. The number of hydrogen-bond acceptors (Lipinski definition) is 3. The zero-order chi connectivity index (χ0) is 16.1. The first kappa shape index (κ1) is 15.8. The highest BCUT2D eigenvalue weighted by Gasteiger charge is 2.57. The molecule has 1 aromatic carbocycles. The molecule has 1 saturated heterocycles. The number of hydrogen-bond donors (Lipinski definition) is 0. The van der Waals surface area contributed by atoms with Crippen molar-refractivity contribution in [2.24, 2.45) is 11.8 Å². The number of sulfonamides is 1. The number of nitrogens with zero attached hydrogens (tertiary/aromatic N) is 1. The van der Waals surface area contributed by atoms with Crippen molar-refractivity contribution in [1.29, 1.82) is 0 Å². The van der Waals surface area contributed by atoms with Crippen molar-refractivity contribution >= 4 is 10.0 Å². The zero-order valence-electron chi connectivity index (χ0n) is 11.9. The Bertz CT molecular complexity index is 657. The summed E-state index contributed by atoms with van der Waals surface area (Å²) in [6.45, 7) is 0.626. The van der Waals surface area contributed by atoms with Gasteiger partial charge in [-0.2, -0.15) is 17.5 Å². The van der Waals surface area contributed by atoms with Crippen LogP contribution in [0.3, 0.4) is 0 Å². The number of ether oxygens (including phenoxy) is 1. The van der Waals surface area contributed by atoms with E-state index in [1.165, 1.54) is 12.1 Å². The Hall–Kier alpha value is -1.12. The summed E-state index contributed by atoms with van der Waals surface area (Å²) < 4.78 is 68.2.